The van der Waals surface area contributed by atoms with E-state index in [1.54, 1.807) is 13.0 Å². The maximum atomic E-state index is 13.0. The predicted octanol–water partition coefficient (Wildman–Crippen LogP) is 3.62. The van der Waals surface area contributed by atoms with E-state index in [0.29, 0.717) is 46.9 Å². The Hall–Kier alpha value is -3.09. The minimum atomic E-state index is -0.752. The lowest BCUT2D eigenvalue weighted by atomic mass is 9.71. The normalized spacial score (nSPS) is 20.8. The number of Topliss-reactive ketones (excluding diaryl/α,β-unsaturated/α-hetero) is 1. The Bertz CT molecular complexity index is 930. The molecule has 2 aliphatic rings. The van der Waals surface area contributed by atoms with Crippen LogP contribution in [0, 0.1) is 5.92 Å². The van der Waals surface area contributed by atoms with Crippen LogP contribution in [0.4, 0.5) is 0 Å². The van der Waals surface area contributed by atoms with Crippen LogP contribution in [0.25, 0.3) is 0 Å². The lowest BCUT2D eigenvalue weighted by molar-refractivity contribution is -0.145. The van der Waals surface area contributed by atoms with E-state index in [2.05, 4.69) is 11.6 Å². The summed E-state index contributed by atoms with van der Waals surface area (Å²) in [5.41, 5.74) is 2.56. The molecule has 0 bridgehead atoms. The molecule has 0 aromatic heterocycles. The zero-order valence-corrected chi connectivity index (χ0v) is 17.8. The number of carbonyl (C=O) groups is 2. The van der Waals surface area contributed by atoms with Crippen molar-refractivity contribution in [2.24, 2.45) is 10.9 Å². The summed E-state index contributed by atoms with van der Waals surface area (Å²) < 4.78 is 22.0. The highest BCUT2D eigenvalue weighted by Crippen LogP contribution is 2.50. The van der Waals surface area contributed by atoms with Gasteiger partial charge in [-0.3, -0.25) is 14.6 Å². The van der Waals surface area contributed by atoms with E-state index in [-0.39, 0.29) is 12.4 Å². The minimum Gasteiger partial charge on any atom is -0.493 e. The Morgan fingerprint density at radius 3 is 2.53 bits per heavy atom. The van der Waals surface area contributed by atoms with Crippen molar-refractivity contribution < 1.29 is 28.5 Å². The first-order chi connectivity index (χ1) is 14.5. The number of hydrogen-bond acceptors (Lipinski definition) is 7. The molecule has 0 saturated carbocycles. The van der Waals surface area contributed by atoms with Crippen LogP contribution in [0.15, 0.2) is 41.1 Å². The first-order valence-electron chi connectivity index (χ1n) is 9.86. The van der Waals surface area contributed by atoms with Gasteiger partial charge in [-0.2, -0.15) is 0 Å². The third kappa shape index (κ3) is 3.72. The van der Waals surface area contributed by atoms with Crippen LogP contribution >= 0.6 is 0 Å². The fourth-order valence-corrected chi connectivity index (χ4v) is 4.25. The molecule has 1 aromatic rings. The van der Waals surface area contributed by atoms with Gasteiger partial charge in [0, 0.05) is 34.9 Å². The first-order valence-corrected chi connectivity index (χ1v) is 9.86. The van der Waals surface area contributed by atoms with Crippen LogP contribution in [0.5, 0.6) is 17.2 Å². The van der Waals surface area contributed by atoms with Crippen LogP contribution in [0.3, 0.4) is 0 Å². The molecule has 0 amide bonds. The highest BCUT2D eigenvalue weighted by Gasteiger charge is 2.44. The summed E-state index contributed by atoms with van der Waals surface area (Å²) in [5.74, 6) is -0.479. The number of nitrogens with zero attached hydrogens (tertiary/aromatic N) is 1. The van der Waals surface area contributed by atoms with Crippen LogP contribution in [-0.4, -0.2) is 45.4 Å². The SMILES string of the molecule is C=CCOC(=O)C1C(C)=NC2=C(C(=O)CCC2)[C@@H]1c1ccc(OC)c(OC)c1OC. The number of carbonyl (C=O) groups excluding carboxylic acids is 2. The minimum absolute atomic E-state index is 0.00383. The molecule has 160 valence electrons. The number of esters is 1. The molecule has 3 rings (SSSR count). The lowest BCUT2D eigenvalue weighted by Crippen LogP contribution is -2.37. The Kier molecular flexibility index (Phi) is 6.59. The van der Waals surface area contributed by atoms with Crippen molar-refractivity contribution in [2.45, 2.75) is 32.1 Å². The monoisotopic (exact) mass is 413 g/mol. The van der Waals surface area contributed by atoms with Crippen molar-refractivity contribution in [3.63, 3.8) is 0 Å². The van der Waals surface area contributed by atoms with E-state index < -0.39 is 17.8 Å². The number of hydrogen-bond donors (Lipinski definition) is 0. The number of allylic oxidation sites excluding steroid dienone is 2. The van der Waals surface area contributed by atoms with Gasteiger partial charge in [0.15, 0.2) is 17.3 Å². The van der Waals surface area contributed by atoms with Crippen molar-refractivity contribution in [3.05, 3.63) is 41.6 Å². The lowest BCUT2D eigenvalue weighted by Gasteiger charge is -2.35. The molecular formula is C23H27NO6. The topological polar surface area (TPSA) is 83.4 Å². The van der Waals surface area contributed by atoms with Crippen molar-refractivity contribution in [2.75, 3.05) is 27.9 Å². The summed E-state index contributed by atoms with van der Waals surface area (Å²) in [6.07, 6.45) is 3.37. The number of rotatable bonds is 7. The molecule has 0 radical (unpaired) electrons. The molecule has 30 heavy (non-hydrogen) atoms. The molecule has 1 unspecified atom stereocenters. The highest BCUT2D eigenvalue weighted by molar-refractivity contribution is 6.09. The van der Waals surface area contributed by atoms with E-state index in [4.69, 9.17) is 18.9 Å². The maximum Gasteiger partial charge on any atom is 0.315 e. The molecule has 0 spiro atoms. The van der Waals surface area contributed by atoms with E-state index in [0.717, 1.165) is 12.1 Å². The Labute approximate surface area is 176 Å². The fraction of sp³-hybridized carbons (Fsp3) is 0.435. The van der Waals surface area contributed by atoms with Crippen LogP contribution in [0.1, 0.15) is 37.7 Å². The Morgan fingerprint density at radius 1 is 1.17 bits per heavy atom. The number of benzene rings is 1. The number of ether oxygens (including phenoxy) is 4. The summed E-state index contributed by atoms with van der Waals surface area (Å²) in [4.78, 5) is 30.6. The van der Waals surface area contributed by atoms with E-state index in [9.17, 15) is 9.59 Å². The zero-order valence-electron chi connectivity index (χ0n) is 17.8. The van der Waals surface area contributed by atoms with Gasteiger partial charge >= 0.3 is 5.97 Å². The number of ketones is 1. The van der Waals surface area contributed by atoms with Crippen LogP contribution in [0.2, 0.25) is 0 Å². The molecule has 0 N–H and O–H groups in total. The Balaban J connectivity index is 2.24. The molecule has 0 fully saturated rings. The van der Waals surface area contributed by atoms with Gasteiger partial charge in [0.2, 0.25) is 5.75 Å². The summed E-state index contributed by atoms with van der Waals surface area (Å²) >= 11 is 0. The highest BCUT2D eigenvalue weighted by atomic mass is 16.5. The van der Waals surface area contributed by atoms with Gasteiger partial charge in [0.1, 0.15) is 12.5 Å². The average molecular weight is 413 g/mol. The Morgan fingerprint density at radius 2 is 1.90 bits per heavy atom. The summed E-state index contributed by atoms with van der Waals surface area (Å²) in [6.45, 7) is 5.48. The molecular weight excluding hydrogens is 386 g/mol. The van der Waals surface area contributed by atoms with Crippen molar-refractivity contribution in [1.82, 2.24) is 0 Å². The molecule has 1 aliphatic heterocycles. The van der Waals surface area contributed by atoms with E-state index in [1.165, 1.54) is 27.4 Å². The molecule has 1 aliphatic carbocycles. The van der Waals surface area contributed by atoms with Crippen molar-refractivity contribution in [3.8, 4) is 17.2 Å². The quantitative estimate of drug-likeness (QED) is 0.501. The third-order valence-electron chi connectivity index (χ3n) is 5.50. The number of methoxy groups -OCH3 is 3. The van der Waals surface area contributed by atoms with Crippen molar-refractivity contribution >= 4 is 17.5 Å². The molecule has 1 heterocycles. The van der Waals surface area contributed by atoms with Gasteiger partial charge in [-0.05, 0) is 25.8 Å². The molecule has 1 aromatic carbocycles. The van der Waals surface area contributed by atoms with Gasteiger partial charge in [0.25, 0.3) is 0 Å². The maximum absolute atomic E-state index is 13.0. The van der Waals surface area contributed by atoms with Gasteiger partial charge in [-0.15, -0.1) is 0 Å². The smallest absolute Gasteiger partial charge is 0.315 e. The summed E-state index contributed by atoms with van der Waals surface area (Å²) in [7, 11) is 4.58. The van der Waals surface area contributed by atoms with Gasteiger partial charge < -0.3 is 18.9 Å². The third-order valence-corrected chi connectivity index (χ3v) is 5.50. The number of aliphatic imine (C=N–C) groups is 1. The summed E-state index contributed by atoms with van der Waals surface area (Å²) in [5, 5.41) is 0. The first kappa shape index (κ1) is 21.6. The predicted molar refractivity (Wildman–Crippen MR) is 112 cm³/mol. The van der Waals surface area contributed by atoms with Crippen LogP contribution < -0.4 is 14.2 Å². The van der Waals surface area contributed by atoms with Gasteiger partial charge in [-0.1, -0.05) is 18.7 Å². The van der Waals surface area contributed by atoms with Crippen LogP contribution in [-0.2, 0) is 14.3 Å². The summed E-state index contributed by atoms with van der Waals surface area (Å²) in [6, 6.07) is 3.56. The molecule has 2 atom stereocenters. The molecule has 0 saturated heterocycles. The second-order valence-electron chi connectivity index (χ2n) is 7.19. The molecule has 7 heteroatoms. The molecule has 7 nitrogen and oxygen atoms in total. The van der Waals surface area contributed by atoms with Gasteiger partial charge in [0.05, 0.1) is 21.3 Å². The van der Waals surface area contributed by atoms with E-state index in [1.807, 2.05) is 6.07 Å². The largest absolute Gasteiger partial charge is 0.493 e. The zero-order chi connectivity index (χ0) is 21.8. The van der Waals surface area contributed by atoms with E-state index >= 15 is 0 Å². The second kappa shape index (κ2) is 9.15. The fourth-order valence-electron chi connectivity index (χ4n) is 4.25. The van der Waals surface area contributed by atoms with Crippen molar-refractivity contribution in [1.29, 1.82) is 0 Å². The standard InChI is InChI=1S/C23H27NO6/c1-6-12-30-23(26)18-13(2)24-15-8-7-9-16(25)20(15)19(18)14-10-11-17(27-3)22(29-5)21(14)28-4/h6,10-11,18-19H,1,7-9,12H2,2-5H3/t18?,19-/m1/s1. The average Bonchev–Trinajstić information content (AvgIpc) is 2.75. The van der Waals surface area contributed by atoms with Gasteiger partial charge in [-0.25, -0.2) is 0 Å². The second-order valence-corrected chi connectivity index (χ2v) is 7.19.